The molecule has 0 saturated carbocycles. The zero-order chi connectivity index (χ0) is 11.0. The van der Waals surface area contributed by atoms with Crippen molar-refractivity contribution in [2.45, 2.75) is 46.5 Å². The van der Waals surface area contributed by atoms with Crippen LogP contribution in [0.1, 0.15) is 46.5 Å². The van der Waals surface area contributed by atoms with Crippen LogP contribution in [0.2, 0.25) is 0 Å². The number of nitrogens with one attached hydrogen (secondary N) is 1. The molecule has 0 aromatic rings. The lowest BCUT2D eigenvalue weighted by Gasteiger charge is -2.17. The van der Waals surface area contributed by atoms with Crippen LogP contribution >= 0.6 is 0 Å². The van der Waals surface area contributed by atoms with E-state index < -0.39 is 0 Å². The highest BCUT2D eigenvalue weighted by Gasteiger charge is 2.10. The van der Waals surface area contributed by atoms with Gasteiger partial charge in [-0.15, -0.1) is 0 Å². The molecular formula is C11H24N2O. The van der Waals surface area contributed by atoms with E-state index in [1.54, 1.807) is 0 Å². The molecule has 0 atom stereocenters. The smallest absolute Gasteiger partial charge is 0.219 e. The van der Waals surface area contributed by atoms with E-state index in [0.717, 1.165) is 19.3 Å². The molecule has 1 amide bonds. The summed E-state index contributed by atoms with van der Waals surface area (Å²) in [5.74, 6) is 0.155. The Morgan fingerprint density at radius 3 is 2.43 bits per heavy atom. The van der Waals surface area contributed by atoms with Crippen molar-refractivity contribution in [2.24, 2.45) is 11.1 Å². The fourth-order valence-corrected chi connectivity index (χ4v) is 1.20. The molecular weight excluding hydrogens is 176 g/mol. The Morgan fingerprint density at radius 1 is 1.29 bits per heavy atom. The second-order valence-corrected chi connectivity index (χ2v) is 4.91. The summed E-state index contributed by atoms with van der Waals surface area (Å²) in [6.45, 7) is 7.94. The molecule has 0 aliphatic rings. The molecule has 0 aliphatic heterocycles. The van der Waals surface area contributed by atoms with Gasteiger partial charge in [-0.1, -0.05) is 20.8 Å². The van der Waals surface area contributed by atoms with Crippen LogP contribution in [0.15, 0.2) is 0 Å². The Balaban J connectivity index is 3.36. The Morgan fingerprint density at radius 2 is 1.93 bits per heavy atom. The van der Waals surface area contributed by atoms with Gasteiger partial charge >= 0.3 is 0 Å². The minimum absolute atomic E-state index is 0.155. The molecule has 0 heterocycles. The van der Waals surface area contributed by atoms with Crippen LogP contribution in [0.3, 0.4) is 0 Å². The van der Waals surface area contributed by atoms with Gasteiger partial charge in [-0.05, 0) is 31.2 Å². The van der Waals surface area contributed by atoms with Crippen LogP contribution < -0.4 is 11.1 Å². The summed E-state index contributed by atoms with van der Waals surface area (Å²) in [6.07, 6.45) is 3.57. The highest BCUT2D eigenvalue weighted by atomic mass is 16.1. The summed E-state index contributed by atoms with van der Waals surface area (Å²) in [4.78, 5) is 11.3. The first-order valence-corrected chi connectivity index (χ1v) is 5.42. The second-order valence-electron chi connectivity index (χ2n) is 4.91. The van der Waals surface area contributed by atoms with Crippen molar-refractivity contribution in [2.75, 3.05) is 13.1 Å². The van der Waals surface area contributed by atoms with E-state index in [2.05, 4.69) is 26.1 Å². The molecule has 84 valence electrons. The number of amides is 1. The minimum atomic E-state index is 0.155. The lowest BCUT2D eigenvalue weighted by Crippen LogP contribution is -2.25. The predicted molar refractivity (Wildman–Crippen MR) is 60.0 cm³/mol. The number of carbonyl (C=O) groups is 1. The molecule has 0 aromatic carbocycles. The van der Waals surface area contributed by atoms with Gasteiger partial charge in [0, 0.05) is 13.0 Å². The summed E-state index contributed by atoms with van der Waals surface area (Å²) in [5, 5.41) is 2.85. The molecule has 14 heavy (non-hydrogen) atoms. The predicted octanol–water partition coefficient (Wildman–Crippen LogP) is 1.67. The lowest BCUT2D eigenvalue weighted by molar-refractivity contribution is -0.121. The van der Waals surface area contributed by atoms with Crippen LogP contribution in [0, 0.1) is 5.41 Å². The van der Waals surface area contributed by atoms with Gasteiger partial charge in [-0.25, -0.2) is 0 Å². The SMILES string of the molecule is CC(C)(C)CCCC(=O)NCCCN. The average Bonchev–Trinajstić information content (AvgIpc) is 2.02. The van der Waals surface area contributed by atoms with Crippen molar-refractivity contribution in [3.63, 3.8) is 0 Å². The van der Waals surface area contributed by atoms with E-state index in [1.807, 2.05) is 0 Å². The summed E-state index contributed by atoms with van der Waals surface area (Å²) in [6, 6.07) is 0. The van der Waals surface area contributed by atoms with E-state index in [-0.39, 0.29) is 5.91 Å². The molecule has 0 bridgehead atoms. The first kappa shape index (κ1) is 13.4. The topological polar surface area (TPSA) is 55.1 Å². The van der Waals surface area contributed by atoms with Gasteiger partial charge in [-0.3, -0.25) is 4.79 Å². The third kappa shape index (κ3) is 9.52. The molecule has 0 aliphatic carbocycles. The normalized spacial score (nSPS) is 11.4. The molecule has 0 unspecified atom stereocenters. The molecule has 3 N–H and O–H groups in total. The highest BCUT2D eigenvalue weighted by Crippen LogP contribution is 2.21. The van der Waals surface area contributed by atoms with E-state index in [4.69, 9.17) is 5.73 Å². The summed E-state index contributed by atoms with van der Waals surface area (Å²) in [5.41, 5.74) is 5.65. The molecule has 0 spiro atoms. The van der Waals surface area contributed by atoms with E-state index in [9.17, 15) is 4.79 Å². The van der Waals surface area contributed by atoms with Crippen molar-refractivity contribution >= 4 is 5.91 Å². The van der Waals surface area contributed by atoms with Crippen LogP contribution in [0.5, 0.6) is 0 Å². The molecule has 0 radical (unpaired) electrons. The van der Waals surface area contributed by atoms with Crippen molar-refractivity contribution in [1.82, 2.24) is 5.32 Å². The molecule has 0 saturated heterocycles. The Bertz CT molecular complexity index is 161. The lowest BCUT2D eigenvalue weighted by atomic mass is 9.90. The molecule has 0 rings (SSSR count). The maximum Gasteiger partial charge on any atom is 0.219 e. The zero-order valence-electron chi connectivity index (χ0n) is 9.73. The van der Waals surface area contributed by atoms with Crippen molar-refractivity contribution in [1.29, 1.82) is 0 Å². The molecule has 0 fully saturated rings. The minimum Gasteiger partial charge on any atom is -0.356 e. The van der Waals surface area contributed by atoms with Crippen LogP contribution in [0.4, 0.5) is 0 Å². The van der Waals surface area contributed by atoms with E-state index in [1.165, 1.54) is 0 Å². The van der Waals surface area contributed by atoms with Gasteiger partial charge in [-0.2, -0.15) is 0 Å². The van der Waals surface area contributed by atoms with E-state index >= 15 is 0 Å². The van der Waals surface area contributed by atoms with Crippen LogP contribution in [-0.4, -0.2) is 19.0 Å². The maximum absolute atomic E-state index is 11.3. The van der Waals surface area contributed by atoms with Gasteiger partial charge in [0.15, 0.2) is 0 Å². The third-order valence-corrected chi connectivity index (χ3v) is 2.03. The number of hydrogen-bond acceptors (Lipinski definition) is 2. The zero-order valence-corrected chi connectivity index (χ0v) is 9.73. The highest BCUT2D eigenvalue weighted by molar-refractivity contribution is 5.75. The first-order chi connectivity index (χ1) is 6.45. The largest absolute Gasteiger partial charge is 0.356 e. The fraction of sp³-hybridized carbons (Fsp3) is 0.909. The monoisotopic (exact) mass is 200 g/mol. The van der Waals surface area contributed by atoms with Crippen LogP contribution in [-0.2, 0) is 4.79 Å². The molecule has 3 nitrogen and oxygen atoms in total. The third-order valence-electron chi connectivity index (χ3n) is 2.03. The second kappa shape index (κ2) is 6.82. The van der Waals surface area contributed by atoms with Crippen LogP contribution in [0.25, 0.3) is 0 Å². The standard InChI is InChI=1S/C11H24N2O/c1-11(2,3)7-4-6-10(14)13-9-5-8-12/h4-9,12H2,1-3H3,(H,13,14). The quantitative estimate of drug-likeness (QED) is 0.641. The number of rotatable bonds is 6. The van der Waals surface area contributed by atoms with Crippen molar-refractivity contribution in [3.8, 4) is 0 Å². The van der Waals surface area contributed by atoms with E-state index in [0.29, 0.717) is 24.9 Å². The Kier molecular flexibility index (Phi) is 6.54. The number of hydrogen-bond donors (Lipinski definition) is 2. The Labute approximate surface area is 87.4 Å². The van der Waals surface area contributed by atoms with Crippen molar-refractivity contribution in [3.05, 3.63) is 0 Å². The number of nitrogens with two attached hydrogens (primary N) is 1. The first-order valence-electron chi connectivity index (χ1n) is 5.42. The van der Waals surface area contributed by atoms with Crippen molar-refractivity contribution < 1.29 is 4.79 Å². The van der Waals surface area contributed by atoms with Gasteiger partial charge in [0.05, 0.1) is 0 Å². The summed E-state index contributed by atoms with van der Waals surface area (Å²) >= 11 is 0. The van der Waals surface area contributed by atoms with Gasteiger partial charge < -0.3 is 11.1 Å². The van der Waals surface area contributed by atoms with Gasteiger partial charge in [0.2, 0.25) is 5.91 Å². The Hall–Kier alpha value is -0.570. The van der Waals surface area contributed by atoms with Gasteiger partial charge in [0.1, 0.15) is 0 Å². The number of carbonyl (C=O) groups excluding carboxylic acids is 1. The summed E-state index contributed by atoms with van der Waals surface area (Å²) in [7, 11) is 0. The molecule has 3 heteroatoms. The average molecular weight is 200 g/mol. The molecule has 0 aromatic heterocycles. The summed E-state index contributed by atoms with van der Waals surface area (Å²) < 4.78 is 0. The fourth-order valence-electron chi connectivity index (χ4n) is 1.20. The van der Waals surface area contributed by atoms with Gasteiger partial charge in [0.25, 0.3) is 0 Å². The maximum atomic E-state index is 11.3.